The highest BCUT2D eigenvalue weighted by Crippen LogP contribution is 2.39. The van der Waals surface area contributed by atoms with Gasteiger partial charge in [-0.3, -0.25) is 4.72 Å². The Balaban J connectivity index is 1.71. The second-order valence-corrected chi connectivity index (χ2v) is 10.7. The third-order valence-electron chi connectivity index (χ3n) is 5.76. The van der Waals surface area contributed by atoms with Crippen molar-refractivity contribution in [2.45, 2.75) is 17.4 Å². The number of halogens is 2. The molecule has 0 spiro atoms. The smallest absolute Gasteiger partial charge is 0.262 e. The fourth-order valence-electron chi connectivity index (χ4n) is 3.98. The lowest BCUT2D eigenvalue weighted by molar-refractivity contribution is 0.208. The summed E-state index contributed by atoms with van der Waals surface area (Å²) >= 11 is 12.4. The van der Waals surface area contributed by atoms with Crippen molar-refractivity contribution in [1.82, 2.24) is 4.90 Å². The maximum absolute atomic E-state index is 13.6. The van der Waals surface area contributed by atoms with Crippen LogP contribution >= 0.6 is 23.2 Å². The van der Waals surface area contributed by atoms with Gasteiger partial charge in [-0.25, -0.2) is 8.42 Å². The second-order valence-electron chi connectivity index (χ2n) is 8.25. The molecule has 0 radical (unpaired) electrons. The molecule has 0 amide bonds. The summed E-state index contributed by atoms with van der Waals surface area (Å²) in [6.45, 7) is 1.71. The zero-order valence-corrected chi connectivity index (χ0v) is 21.9. The molecule has 1 N–H and O–H groups in total. The van der Waals surface area contributed by atoms with E-state index in [0.29, 0.717) is 38.4 Å². The molecule has 1 fully saturated rings. The summed E-state index contributed by atoms with van der Waals surface area (Å²) in [5.41, 5.74) is 1.42. The van der Waals surface area contributed by atoms with E-state index in [1.165, 1.54) is 20.3 Å². The van der Waals surface area contributed by atoms with Crippen LogP contribution in [0.1, 0.15) is 6.42 Å². The Bertz CT molecular complexity index is 1320. The van der Waals surface area contributed by atoms with E-state index in [2.05, 4.69) is 9.62 Å². The molecule has 0 unspecified atom stereocenters. The van der Waals surface area contributed by atoms with E-state index >= 15 is 0 Å². The minimum absolute atomic E-state index is 0.00767. The van der Waals surface area contributed by atoms with Gasteiger partial charge in [0, 0.05) is 35.8 Å². The molecule has 35 heavy (non-hydrogen) atoms. The zero-order valence-electron chi connectivity index (χ0n) is 19.5. The highest BCUT2D eigenvalue weighted by atomic mass is 35.5. The molecule has 1 heterocycles. The highest BCUT2D eigenvalue weighted by Gasteiger charge is 2.25. The lowest BCUT2D eigenvalue weighted by atomic mass is 10.1. The minimum Gasteiger partial charge on any atom is -0.493 e. The van der Waals surface area contributed by atoms with Gasteiger partial charge in [-0.05, 0) is 49.4 Å². The average Bonchev–Trinajstić information content (AvgIpc) is 3.25. The molecule has 0 aromatic heterocycles. The van der Waals surface area contributed by atoms with E-state index < -0.39 is 10.0 Å². The first-order valence-corrected chi connectivity index (χ1v) is 13.1. The first-order valence-electron chi connectivity index (χ1n) is 10.9. The Morgan fingerprint density at radius 1 is 0.943 bits per heavy atom. The molecule has 1 aliphatic rings. The van der Waals surface area contributed by atoms with Crippen LogP contribution in [0.3, 0.4) is 0 Å². The van der Waals surface area contributed by atoms with Crippen molar-refractivity contribution < 1.29 is 22.6 Å². The van der Waals surface area contributed by atoms with Crippen molar-refractivity contribution in [3.63, 3.8) is 0 Å². The fraction of sp³-hybridized carbons (Fsp3) is 0.280. The second kappa shape index (κ2) is 10.5. The summed E-state index contributed by atoms with van der Waals surface area (Å²) in [6, 6.07) is 14.8. The molecule has 10 heteroatoms. The number of hydrogen-bond donors (Lipinski definition) is 1. The molecule has 1 atom stereocenters. The quantitative estimate of drug-likeness (QED) is 0.406. The molecular weight excluding hydrogens is 511 g/mol. The number of ether oxygens (including phenoxy) is 3. The third kappa shape index (κ3) is 5.78. The van der Waals surface area contributed by atoms with E-state index in [0.717, 1.165) is 19.5 Å². The number of benzene rings is 3. The van der Waals surface area contributed by atoms with Crippen LogP contribution in [-0.4, -0.2) is 53.8 Å². The van der Waals surface area contributed by atoms with Crippen LogP contribution in [0.4, 0.5) is 5.69 Å². The van der Waals surface area contributed by atoms with Crippen LogP contribution in [0, 0.1) is 0 Å². The first-order chi connectivity index (χ1) is 16.7. The van der Waals surface area contributed by atoms with Crippen molar-refractivity contribution in [2.24, 2.45) is 0 Å². The van der Waals surface area contributed by atoms with Gasteiger partial charge in [0.05, 0.1) is 29.8 Å². The maximum Gasteiger partial charge on any atom is 0.262 e. The fourth-order valence-corrected chi connectivity index (χ4v) is 5.54. The first kappa shape index (κ1) is 25.4. The van der Waals surface area contributed by atoms with E-state index in [-0.39, 0.29) is 16.7 Å². The number of sulfonamides is 1. The van der Waals surface area contributed by atoms with Gasteiger partial charge >= 0.3 is 0 Å². The van der Waals surface area contributed by atoms with Crippen molar-refractivity contribution >= 4 is 38.9 Å². The summed E-state index contributed by atoms with van der Waals surface area (Å²) in [4.78, 5) is 2.19. The maximum atomic E-state index is 13.6. The number of rotatable bonds is 8. The summed E-state index contributed by atoms with van der Waals surface area (Å²) < 4.78 is 46.7. The number of hydrogen-bond acceptors (Lipinski definition) is 6. The summed E-state index contributed by atoms with van der Waals surface area (Å²) in [5.74, 6) is 1.12. The Kier molecular flexibility index (Phi) is 7.66. The molecule has 186 valence electrons. The van der Waals surface area contributed by atoms with E-state index in [9.17, 15) is 8.42 Å². The van der Waals surface area contributed by atoms with Gasteiger partial charge in [0.15, 0.2) is 11.5 Å². The highest BCUT2D eigenvalue weighted by molar-refractivity contribution is 7.92. The monoisotopic (exact) mass is 536 g/mol. The number of likely N-dealkylation sites (tertiary alicyclic amines) is 1. The van der Waals surface area contributed by atoms with Crippen LogP contribution in [0.2, 0.25) is 10.0 Å². The molecule has 0 aliphatic carbocycles. The molecule has 3 aromatic rings. The number of nitrogens with one attached hydrogen (secondary N) is 1. The number of likely N-dealkylation sites (N-methyl/N-ethyl adjacent to an activating group) is 1. The lowest BCUT2D eigenvalue weighted by Crippen LogP contribution is -2.21. The molecule has 7 nitrogen and oxygen atoms in total. The van der Waals surface area contributed by atoms with Gasteiger partial charge in [-0.15, -0.1) is 0 Å². The molecule has 0 bridgehead atoms. The predicted octanol–water partition coefficient (Wildman–Crippen LogP) is 5.56. The molecule has 3 aromatic carbocycles. The SMILES string of the molecule is COc1cc(-c2ccc(Cl)cc2)c(S(=O)(=O)Nc2ccc(Cl)c(O[C@@H]3CCN(C)C3)c2)cc1OC. The lowest BCUT2D eigenvalue weighted by Gasteiger charge is -2.18. The largest absolute Gasteiger partial charge is 0.493 e. The van der Waals surface area contributed by atoms with Crippen molar-refractivity contribution in [3.05, 3.63) is 64.6 Å². The third-order valence-corrected chi connectivity index (χ3v) is 7.74. The molecule has 1 saturated heterocycles. The average molecular weight is 537 g/mol. The van der Waals surface area contributed by atoms with E-state index in [4.69, 9.17) is 37.4 Å². The van der Waals surface area contributed by atoms with Gasteiger partial charge < -0.3 is 19.1 Å². The summed E-state index contributed by atoms with van der Waals surface area (Å²) in [6.07, 6.45) is 0.866. The van der Waals surface area contributed by atoms with Crippen LogP contribution in [0.25, 0.3) is 11.1 Å². The van der Waals surface area contributed by atoms with Gasteiger partial charge in [0.2, 0.25) is 0 Å². The van der Waals surface area contributed by atoms with Gasteiger partial charge in [0.25, 0.3) is 10.0 Å². The molecular formula is C25H26Cl2N2O5S. The van der Waals surface area contributed by atoms with Crippen LogP contribution in [0.15, 0.2) is 59.5 Å². The molecule has 1 aliphatic heterocycles. The molecule has 4 rings (SSSR count). The Morgan fingerprint density at radius 3 is 2.26 bits per heavy atom. The van der Waals surface area contributed by atoms with Crippen molar-refractivity contribution in [2.75, 3.05) is 39.1 Å². The summed E-state index contributed by atoms with van der Waals surface area (Å²) in [5, 5.41) is 0.953. The predicted molar refractivity (Wildman–Crippen MR) is 139 cm³/mol. The minimum atomic E-state index is -4.05. The Morgan fingerprint density at radius 2 is 1.63 bits per heavy atom. The van der Waals surface area contributed by atoms with E-state index in [1.54, 1.807) is 48.5 Å². The number of anilines is 1. The van der Waals surface area contributed by atoms with Crippen LogP contribution in [-0.2, 0) is 10.0 Å². The summed E-state index contributed by atoms with van der Waals surface area (Å²) in [7, 11) is 0.918. The Labute approximate surface area is 215 Å². The van der Waals surface area contributed by atoms with E-state index in [1.807, 2.05) is 7.05 Å². The zero-order chi connectivity index (χ0) is 25.2. The number of nitrogens with zero attached hydrogens (tertiary/aromatic N) is 1. The van der Waals surface area contributed by atoms with Crippen molar-refractivity contribution in [3.8, 4) is 28.4 Å². The topological polar surface area (TPSA) is 77.1 Å². The van der Waals surface area contributed by atoms with Gasteiger partial charge in [-0.2, -0.15) is 0 Å². The molecule has 0 saturated carbocycles. The van der Waals surface area contributed by atoms with Gasteiger partial charge in [-0.1, -0.05) is 35.3 Å². The van der Waals surface area contributed by atoms with Crippen LogP contribution < -0.4 is 18.9 Å². The van der Waals surface area contributed by atoms with Crippen LogP contribution in [0.5, 0.6) is 17.2 Å². The van der Waals surface area contributed by atoms with Crippen molar-refractivity contribution in [1.29, 1.82) is 0 Å². The Hall–Kier alpha value is -2.65. The standard InChI is InChI=1S/C25H26Cl2N2O5S/c1-29-11-10-19(15-29)34-22-12-18(8-9-21(22)27)28-35(30,31)25-14-24(33-3)23(32-2)13-20(25)16-4-6-17(26)7-5-16/h4-9,12-14,19,28H,10-11,15H2,1-3H3/t19-/m1/s1. The number of methoxy groups -OCH3 is 2. The van der Waals surface area contributed by atoms with Gasteiger partial charge in [0.1, 0.15) is 11.9 Å². The normalized spacial score (nSPS) is 16.2.